The molecule has 1 unspecified atom stereocenters. The van der Waals surface area contributed by atoms with Crippen LogP contribution in [0.3, 0.4) is 0 Å². The number of unbranched alkanes of at least 4 members (excludes halogenated alkanes) is 1. The molecule has 0 saturated heterocycles. The minimum absolute atomic E-state index is 0.643. The van der Waals surface area contributed by atoms with Crippen LogP contribution >= 0.6 is 0 Å². The molecule has 0 aromatic carbocycles. The lowest BCUT2D eigenvalue weighted by molar-refractivity contribution is -0.134. The highest BCUT2D eigenvalue weighted by molar-refractivity contribution is 5.62. The molecule has 0 fully saturated rings. The standard InChI is InChI=1S/C8H16O.C2H4O2/c1-4-6-7-8(3,9)5-2;1-2(3)4/h5,9H,2,4,6-7H2,1,3H3;1H3,(H,3,4). The van der Waals surface area contributed by atoms with Crippen LogP contribution in [0.5, 0.6) is 0 Å². The average Bonchev–Trinajstić information content (AvgIpc) is 2.00. The van der Waals surface area contributed by atoms with Crippen molar-refractivity contribution in [3.63, 3.8) is 0 Å². The van der Waals surface area contributed by atoms with Gasteiger partial charge in [-0.2, -0.15) is 0 Å². The zero-order chi connectivity index (χ0) is 10.9. The molecule has 0 aromatic heterocycles. The average molecular weight is 188 g/mol. The summed E-state index contributed by atoms with van der Waals surface area (Å²) in [5, 5.41) is 16.8. The molecule has 0 saturated carbocycles. The minimum atomic E-state index is -0.833. The Kier molecular flexibility index (Phi) is 8.81. The number of carboxylic acids is 1. The summed E-state index contributed by atoms with van der Waals surface area (Å²) >= 11 is 0. The Morgan fingerprint density at radius 3 is 2.23 bits per heavy atom. The fourth-order valence-corrected chi connectivity index (χ4v) is 0.637. The van der Waals surface area contributed by atoms with E-state index in [9.17, 15) is 5.11 Å². The summed E-state index contributed by atoms with van der Waals surface area (Å²) in [6.45, 7) is 8.52. The van der Waals surface area contributed by atoms with E-state index in [-0.39, 0.29) is 0 Å². The van der Waals surface area contributed by atoms with Gasteiger partial charge in [-0.15, -0.1) is 6.58 Å². The van der Waals surface area contributed by atoms with Gasteiger partial charge in [0.05, 0.1) is 5.60 Å². The fourth-order valence-electron chi connectivity index (χ4n) is 0.637. The van der Waals surface area contributed by atoms with Crippen LogP contribution in [0.1, 0.15) is 40.0 Å². The van der Waals surface area contributed by atoms with E-state index in [0.717, 1.165) is 26.2 Å². The van der Waals surface area contributed by atoms with Gasteiger partial charge in [0, 0.05) is 6.92 Å². The van der Waals surface area contributed by atoms with Crippen molar-refractivity contribution in [1.29, 1.82) is 0 Å². The predicted octanol–water partition coefficient (Wildman–Crippen LogP) is 2.20. The molecule has 0 rings (SSSR count). The molecule has 3 nitrogen and oxygen atoms in total. The Morgan fingerprint density at radius 2 is 2.00 bits per heavy atom. The molecule has 13 heavy (non-hydrogen) atoms. The summed E-state index contributed by atoms with van der Waals surface area (Å²) in [6.07, 6.45) is 4.62. The Bertz CT molecular complexity index is 146. The number of aliphatic hydroxyl groups is 1. The van der Waals surface area contributed by atoms with Gasteiger partial charge in [0.2, 0.25) is 0 Å². The normalized spacial score (nSPS) is 13.5. The number of aliphatic carboxylic acids is 1. The van der Waals surface area contributed by atoms with Crippen molar-refractivity contribution in [3.8, 4) is 0 Å². The van der Waals surface area contributed by atoms with Crippen LogP contribution in [0.25, 0.3) is 0 Å². The molecule has 0 aromatic rings. The van der Waals surface area contributed by atoms with Gasteiger partial charge < -0.3 is 10.2 Å². The van der Waals surface area contributed by atoms with Crippen LogP contribution in [-0.2, 0) is 4.79 Å². The minimum Gasteiger partial charge on any atom is -0.481 e. The van der Waals surface area contributed by atoms with E-state index in [1.807, 2.05) is 0 Å². The van der Waals surface area contributed by atoms with Crippen molar-refractivity contribution >= 4 is 5.97 Å². The molecule has 1 atom stereocenters. The van der Waals surface area contributed by atoms with Gasteiger partial charge in [0.1, 0.15) is 0 Å². The number of carbonyl (C=O) groups is 1. The molecular weight excluding hydrogens is 168 g/mol. The molecule has 2 N–H and O–H groups in total. The molecule has 0 heterocycles. The van der Waals surface area contributed by atoms with Gasteiger partial charge in [0.15, 0.2) is 0 Å². The number of rotatable bonds is 4. The molecule has 0 amide bonds. The maximum absolute atomic E-state index is 9.34. The quantitative estimate of drug-likeness (QED) is 0.665. The first kappa shape index (κ1) is 14.7. The molecule has 78 valence electrons. The first-order chi connectivity index (χ1) is 5.85. The van der Waals surface area contributed by atoms with Crippen LogP contribution in [-0.4, -0.2) is 21.8 Å². The molecule has 0 aliphatic carbocycles. The van der Waals surface area contributed by atoms with E-state index < -0.39 is 11.6 Å². The number of hydrogen-bond donors (Lipinski definition) is 2. The lowest BCUT2D eigenvalue weighted by atomic mass is 10.00. The summed E-state index contributed by atoms with van der Waals surface area (Å²) in [4.78, 5) is 9.00. The van der Waals surface area contributed by atoms with Crippen molar-refractivity contribution in [1.82, 2.24) is 0 Å². The summed E-state index contributed by atoms with van der Waals surface area (Å²) in [5.41, 5.74) is -0.643. The van der Waals surface area contributed by atoms with E-state index in [0.29, 0.717) is 0 Å². The largest absolute Gasteiger partial charge is 0.481 e. The molecule has 3 heteroatoms. The van der Waals surface area contributed by atoms with Gasteiger partial charge >= 0.3 is 0 Å². The van der Waals surface area contributed by atoms with E-state index in [4.69, 9.17) is 9.90 Å². The highest BCUT2D eigenvalue weighted by atomic mass is 16.4. The third kappa shape index (κ3) is 18.3. The van der Waals surface area contributed by atoms with Crippen LogP contribution in [0.2, 0.25) is 0 Å². The first-order valence-electron chi connectivity index (χ1n) is 4.41. The van der Waals surface area contributed by atoms with Gasteiger partial charge in [-0.1, -0.05) is 25.8 Å². The highest BCUT2D eigenvalue weighted by Crippen LogP contribution is 2.13. The van der Waals surface area contributed by atoms with Gasteiger partial charge in [-0.05, 0) is 13.3 Å². The molecular formula is C10H20O3. The van der Waals surface area contributed by atoms with Crippen LogP contribution in [0.15, 0.2) is 12.7 Å². The van der Waals surface area contributed by atoms with E-state index in [1.54, 1.807) is 13.0 Å². The highest BCUT2D eigenvalue weighted by Gasteiger charge is 2.12. The summed E-state index contributed by atoms with van der Waals surface area (Å²) < 4.78 is 0. The predicted molar refractivity (Wildman–Crippen MR) is 53.7 cm³/mol. The first-order valence-corrected chi connectivity index (χ1v) is 4.41. The topological polar surface area (TPSA) is 57.5 Å². The van der Waals surface area contributed by atoms with Gasteiger partial charge in [0.25, 0.3) is 5.97 Å². The summed E-state index contributed by atoms with van der Waals surface area (Å²) in [5.74, 6) is -0.833. The smallest absolute Gasteiger partial charge is 0.300 e. The molecule has 0 aliphatic rings. The summed E-state index contributed by atoms with van der Waals surface area (Å²) in [7, 11) is 0. The van der Waals surface area contributed by atoms with E-state index >= 15 is 0 Å². The number of hydrogen-bond acceptors (Lipinski definition) is 2. The Balaban J connectivity index is 0. The molecule has 0 bridgehead atoms. The van der Waals surface area contributed by atoms with Crippen molar-refractivity contribution in [2.75, 3.05) is 0 Å². The SMILES string of the molecule is C=CC(C)(O)CCCC.CC(=O)O. The Morgan fingerprint density at radius 1 is 1.62 bits per heavy atom. The van der Waals surface area contributed by atoms with Crippen molar-refractivity contribution < 1.29 is 15.0 Å². The van der Waals surface area contributed by atoms with Crippen molar-refractivity contribution in [2.45, 2.75) is 45.6 Å². The van der Waals surface area contributed by atoms with Gasteiger partial charge in [-0.3, -0.25) is 4.79 Å². The van der Waals surface area contributed by atoms with Crippen LogP contribution < -0.4 is 0 Å². The molecule has 0 radical (unpaired) electrons. The van der Waals surface area contributed by atoms with Gasteiger partial charge in [-0.25, -0.2) is 0 Å². The molecule has 0 spiro atoms. The van der Waals surface area contributed by atoms with Crippen LogP contribution in [0, 0.1) is 0 Å². The Labute approximate surface area is 80.1 Å². The zero-order valence-corrected chi connectivity index (χ0v) is 8.71. The second-order valence-electron chi connectivity index (χ2n) is 3.18. The Hall–Kier alpha value is -0.830. The zero-order valence-electron chi connectivity index (χ0n) is 8.71. The van der Waals surface area contributed by atoms with Crippen molar-refractivity contribution in [3.05, 3.63) is 12.7 Å². The van der Waals surface area contributed by atoms with E-state index in [1.165, 1.54) is 0 Å². The fraction of sp³-hybridized carbons (Fsp3) is 0.700. The van der Waals surface area contributed by atoms with E-state index in [2.05, 4.69) is 13.5 Å². The molecule has 0 aliphatic heterocycles. The third-order valence-electron chi connectivity index (χ3n) is 1.48. The second-order valence-corrected chi connectivity index (χ2v) is 3.18. The second kappa shape index (κ2) is 7.80. The maximum Gasteiger partial charge on any atom is 0.300 e. The van der Waals surface area contributed by atoms with Crippen LogP contribution in [0.4, 0.5) is 0 Å². The lowest BCUT2D eigenvalue weighted by Gasteiger charge is -2.16. The lowest BCUT2D eigenvalue weighted by Crippen LogP contribution is -2.19. The summed E-state index contributed by atoms with van der Waals surface area (Å²) in [6, 6.07) is 0. The third-order valence-corrected chi connectivity index (χ3v) is 1.48. The monoisotopic (exact) mass is 188 g/mol. The number of carboxylic acid groups (broad SMARTS) is 1. The maximum atomic E-state index is 9.34. The van der Waals surface area contributed by atoms with Crippen molar-refractivity contribution in [2.24, 2.45) is 0 Å².